The molecule has 8 heteroatoms. The van der Waals surface area contributed by atoms with Crippen LogP contribution < -0.4 is 15.1 Å². The number of anilines is 3. The van der Waals surface area contributed by atoms with E-state index in [0.29, 0.717) is 12.4 Å². The largest absolute Gasteiger partial charge is 0.441 e. The van der Waals surface area contributed by atoms with Crippen molar-refractivity contribution in [3.63, 3.8) is 0 Å². The molecular weight excluding hydrogens is 426 g/mol. The third kappa shape index (κ3) is 4.06. The molecule has 1 N–H and O–H groups in total. The molecule has 2 aliphatic rings. The van der Waals surface area contributed by atoms with E-state index in [4.69, 9.17) is 16.0 Å². The van der Waals surface area contributed by atoms with Crippen LogP contribution in [0, 0.1) is 6.92 Å². The minimum atomic E-state index is -0.143. The summed E-state index contributed by atoms with van der Waals surface area (Å²) in [6.07, 6.45) is 2.49. The number of aryl methyl sites for hydroxylation is 1. The fourth-order valence-electron chi connectivity index (χ4n) is 4.27. The Morgan fingerprint density at radius 1 is 1.06 bits per heavy atom. The SMILES string of the molecule is Cc1cnc(-c2ccc(NC(=O)N3CCc4cc(Cl)c(N5CCN(C)CC5)cc43)cc2)o1. The molecule has 7 nitrogen and oxygen atoms in total. The molecule has 0 spiro atoms. The minimum Gasteiger partial charge on any atom is -0.441 e. The number of carbonyl (C=O) groups is 1. The van der Waals surface area contributed by atoms with E-state index in [1.165, 1.54) is 0 Å². The molecule has 1 saturated heterocycles. The van der Waals surface area contributed by atoms with Crippen molar-refractivity contribution in [2.24, 2.45) is 0 Å². The number of carbonyl (C=O) groups excluding carboxylic acids is 1. The lowest BCUT2D eigenvalue weighted by molar-refractivity contribution is 0.257. The predicted octanol–water partition coefficient (Wildman–Crippen LogP) is 4.65. The highest BCUT2D eigenvalue weighted by atomic mass is 35.5. The van der Waals surface area contributed by atoms with Crippen molar-refractivity contribution in [3.8, 4) is 11.5 Å². The van der Waals surface area contributed by atoms with Gasteiger partial charge in [0.2, 0.25) is 5.89 Å². The molecule has 0 radical (unpaired) electrons. The molecule has 2 aliphatic heterocycles. The predicted molar refractivity (Wildman–Crippen MR) is 128 cm³/mol. The summed E-state index contributed by atoms with van der Waals surface area (Å²) >= 11 is 6.61. The van der Waals surface area contributed by atoms with E-state index in [-0.39, 0.29) is 6.03 Å². The van der Waals surface area contributed by atoms with Crippen LogP contribution in [-0.2, 0) is 6.42 Å². The molecule has 0 saturated carbocycles. The number of likely N-dealkylation sites (N-methyl/N-ethyl adjacent to an activating group) is 1. The molecule has 5 rings (SSSR count). The highest BCUT2D eigenvalue weighted by Gasteiger charge is 2.28. The van der Waals surface area contributed by atoms with Crippen LogP contribution in [0.1, 0.15) is 11.3 Å². The smallest absolute Gasteiger partial charge is 0.326 e. The van der Waals surface area contributed by atoms with Gasteiger partial charge >= 0.3 is 6.03 Å². The van der Waals surface area contributed by atoms with E-state index in [1.54, 1.807) is 11.1 Å². The van der Waals surface area contributed by atoms with E-state index >= 15 is 0 Å². The zero-order valence-electron chi connectivity index (χ0n) is 18.3. The Kier molecular flexibility index (Phi) is 5.53. The van der Waals surface area contributed by atoms with Crippen LogP contribution in [-0.4, -0.2) is 55.7 Å². The maximum absolute atomic E-state index is 13.1. The average Bonchev–Trinajstić information content (AvgIpc) is 3.40. The number of nitrogens with one attached hydrogen (secondary N) is 1. The van der Waals surface area contributed by atoms with Crippen molar-refractivity contribution >= 4 is 34.7 Å². The summed E-state index contributed by atoms with van der Waals surface area (Å²) < 4.78 is 5.56. The standard InChI is InChI=1S/C24H26ClN5O2/c1-16-15-26-23(32-16)17-3-5-19(6-4-17)27-24(31)30-8-7-18-13-20(25)22(14-21(18)30)29-11-9-28(2)10-12-29/h3-6,13-15H,7-12H2,1-2H3,(H,27,31). The highest BCUT2D eigenvalue weighted by molar-refractivity contribution is 6.33. The van der Waals surface area contributed by atoms with Crippen LogP contribution >= 0.6 is 11.6 Å². The lowest BCUT2D eigenvalue weighted by Gasteiger charge is -2.35. The van der Waals surface area contributed by atoms with Crippen molar-refractivity contribution in [2.45, 2.75) is 13.3 Å². The molecule has 0 aliphatic carbocycles. The number of rotatable bonds is 3. The molecule has 2 amide bonds. The Hall–Kier alpha value is -3.03. The van der Waals surface area contributed by atoms with Gasteiger partial charge in [0.1, 0.15) is 5.76 Å². The summed E-state index contributed by atoms with van der Waals surface area (Å²) in [7, 11) is 2.13. The molecule has 0 unspecified atom stereocenters. The lowest BCUT2D eigenvalue weighted by atomic mass is 10.1. The summed E-state index contributed by atoms with van der Waals surface area (Å²) in [5, 5.41) is 3.77. The zero-order chi connectivity index (χ0) is 22.2. The average molecular weight is 452 g/mol. The Labute approximate surface area is 192 Å². The van der Waals surface area contributed by atoms with Gasteiger partial charge in [-0.25, -0.2) is 9.78 Å². The minimum absolute atomic E-state index is 0.143. The highest BCUT2D eigenvalue weighted by Crippen LogP contribution is 2.38. The molecule has 166 valence electrons. The van der Waals surface area contributed by atoms with Crippen molar-refractivity contribution < 1.29 is 9.21 Å². The number of nitrogens with zero attached hydrogens (tertiary/aromatic N) is 4. The van der Waals surface area contributed by atoms with Gasteiger partial charge in [-0.15, -0.1) is 0 Å². The number of urea groups is 1. The molecule has 2 aromatic carbocycles. The van der Waals surface area contributed by atoms with Gasteiger partial charge in [-0.05, 0) is 62.4 Å². The Balaban J connectivity index is 1.32. The number of aromatic nitrogens is 1. The second-order valence-electron chi connectivity index (χ2n) is 8.41. The number of amides is 2. The van der Waals surface area contributed by atoms with Crippen molar-refractivity contribution in [1.82, 2.24) is 9.88 Å². The number of hydrogen-bond donors (Lipinski definition) is 1. The molecule has 0 bridgehead atoms. The second-order valence-corrected chi connectivity index (χ2v) is 8.82. The van der Waals surface area contributed by atoms with Crippen molar-refractivity contribution in [1.29, 1.82) is 0 Å². The first-order chi connectivity index (χ1) is 15.5. The van der Waals surface area contributed by atoms with Gasteiger partial charge in [-0.2, -0.15) is 0 Å². The monoisotopic (exact) mass is 451 g/mol. The number of halogens is 1. The van der Waals surface area contributed by atoms with Crippen molar-refractivity contribution in [2.75, 3.05) is 54.9 Å². The van der Waals surface area contributed by atoms with Gasteiger partial charge in [0.05, 0.1) is 22.6 Å². The van der Waals surface area contributed by atoms with Gasteiger partial charge in [0, 0.05) is 44.0 Å². The number of piperazine rings is 1. The number of fused-ring (bicyclic) bond motifs is 1. The first-order valence-electron chi connectivity index (χ1n) is 10.9. The first-order valence-corrected chi connectivity index (χ1v) is 11.2. The van der Waals surface area contributed by atoms with Crippen LogP contribution in [0.3, 0.4) is 0 Å². The van der Waals surface area contributed by atoms with E-state index in [9.17, 15) is 4.79 Å². The molecule has 32 heavy (non-hydrogen) atoms. The van der Waals surface area contributed by atoms with Gasteiger partial charge in [0.15, 0.2) is 0 Å². The van der Waals surface area contributed by atoms with Gasteiger partial charge in [-0.3, -0.25) is 4.90 Å². The Morgan fingerprint density at radius 3 is 2.50 bits per heavy atom. The van der Waals surface area contributed by atoms with E-state index < -0.39 is 0 Å². The molecule has 0 atom stereocenters. The van der Waals surface area contributed by atoms with E-state index in [1.807, 2.05) is 37.3 Å². The van der Waals surface area contributed by atoms with Gasteiger partial charge in [0.25, 0.3) is 0 Å². The quantitative estimate of drug-likeness (QED) is 0.628. The van der Waals surface area contributed by atoms with Crippen LogP contribution in [0.4, 0.5) is 21.9 Å². The fraction of sp³-hybridized carbons (Fsp3) is 0.333. The van der Waals surface area contributed by atoms with E-state index in [0.717, 1.165) is 71.6 Å². The third-order valence-corrected chi connectivity index (χ3v) is 6.44. The maximum atomic E-state index is 13.1. The zero-order valence-corrected chi connectivity index (χ0v) is 19.0. The topological polar surface area (TPSA) is 64.9 Å². The second kappa shape index (κ2) is 8.48. The third-order valence-electron chi connectivity index (χ3n) is 6.14. The number of hydrogen-bond acceptors (Lipinski definition) is 5. The summed E-state index contributed by atoms with van der Waals surface area (Å²) in [6.45, 7) is 6.36. The Bertz CT molecular complexity index is 1140. The van der Waals surface area contributed by atoms with E-state index in [2.05, 4.69) is 33.2 Å². The maximum Gasteiger partial charge on any atom is 0.326 e. The van der Waals surface area contributed by atoms with Crippen LogP contribution in [0.2, 0.25) is 5.02 Å². The van der Waals surface area contributed by atoms with Crippen molar-refractivity contribution in [3.05, 3.63) is 58.9 Å². The Morgan fingerprint density at radius 2 is 1.81 bits per heavy atom. The molecule has 3 aromatic rings. The van der Waals surface area contributed by atoms with Crippen LogP contribution in [0.15, 0.2) is 47.0 Å². The number of benzene rings is 2. The molecule has 1 aromatic heterocycles. The normalized spacial score (nSPS) is 16.3. The van der Waals surface area contributed by atoms with Crippen LogP contribution in [0.5, 0.6) is 0 Å². The van der Waals surface area contributed by atoms with Gasteiger partial charge < -0.3 is 19.5 Å². The molecular formula is C24H26ClN5O2. The lowest BCUT2D eigenvalue weighted by Crippen LogP contribution is -2.44. The first kappa shape index (κ1) is 20.8. The van der Waals surface area contributed by atoms with Gasteiger partial charge in [-0.1, -0.05) is 11.6 Å². The summed E-state index contributed by atoms with van der Waals surface area (Å²) in [6, 6.07) is 11.5. The van der Waals surface area contributed by atoms with Crippen LogP contribution in [0.25, 0.3) is 11.5 Å². The summed E-state index contributed by atoms with van der Waals surface area (Å²) in [5.74, 6) is 1.34. The summed E-state index contributed by atoms with van der Waals surface area (Å²) in [5.41, 5.74) is 4.65. The number of oxazole rings is 1. The fourth-order valence-corrected chi connectivity index (χ4v) is 4.58. The molecule has 1 fully saturated rings. The molecule has 3 heterocycles. The summed E-state index contributed by atoms with van der Waals surface area (Å²) in [4.78, 5) is 23.7.